The van der Waals surface area contributed by atoms with Crippen LogP contribution in [-0.2, 0) is 21.1 Å². The molecule has 7 heteroatoms. The molecule has 23 heavy (non-hydrogen) atoms. The zero-order chi connectivity index (χ0) is 17.4. The van der Waals surface area contributed by atoms with Crippen LogP contribution in [0.3, 0.4) is 0 Å². The summed E-state index contributed by atoms with van der Waals surface area (Å²) in [6.45, 7) is 1.73. The second-order valence-electron chi connectivity index (χ2n) is 5.46. The number of Topliss-reactive ketones (excluding diaryl/α,β-unsaturated/α-hetero) is 2. The van der Waals surface area contributed by atoms with Crippen molar-refractivity contribution in [2.24, 2.45) is 0 Å². The molecule has 0 radical (unpaired) electrons. The number of allylic oxidation sites excluding steroid dienone is 2. The van der Waals surface area contributed by atoms with Gasteiger partial charge in [0.1, 0.15) is 11.3 Å². The number of ketones is 2. The van der Waals surface area contributed by atoms with E-state index < -0.39 is 21.4 Å². The van der Waals surface area contributed by atoms with Crippen molar-refractivity contribution in [1.82, 2.24) is 0 Å². The number of rotatable bonds is 4. The van der Waals surface area contributed by atoms with Crippen LogP contribution in [0.25, 0.3) is 0 Å². The molecule has 0 spiro atoms. The summed E-state index contributed by atoms with van der Waals surface area (Å²) in [5.41, 5.74) is 0.128. The summed E-state index contributed by atoms with van der Waals surface area (Å²) in [5, 5.41) is 9.88. The van der Waals surface area contributed by atoms with Crippen LogP contribution in [0, 0.1) is 0 Å². The van der Waals surface area contributed by atoms with Gasteiger partial charge < -0.3 is 5.11 Å². The topological polar surface area (TPSA) is 88.5 Å². The summed E-state index contributed by atoms with van der Waals surface area (Å²) in [7, 11) is -3.48. The van der Waals surface area contributed by atoms with Crippen molar-refractivity contribution in [3.63, 3.8) is 0 Å². The summed E-state index contributed by atoms with van der Waals surface area (Å²) >= 11 is 6.23. The van der Waals surface area contributed by atoms with Gasteiger partial charge >= 0.3 is 0 Å². The van der Waals surface area contributed by atoms with Crippen LogP contribution in [0.1, 0.15) is 42.1 Å². The molecule has 0 amide bonds. The molecule has 0 saturated heterocycles. The smallest absolute Gasteiger partial charge is 0.201 e. The van der Waals surface area contributed by atoms with Gasteiger partial charge in [-0.15, -0.1) is 0 Å². The molecular weight excluding hydrogens is 340 g/mol. The highest BCUT2D eigenvalue weighted by atomic mass is 35.5. The monoisotopic (exact) mass is 356 g/mol. The van der Waals surface area contributed by atoms with E-state index in [1.807, 2.05) is 0 Å². The van der Waals surface area contributed by atoms with Crippen molar-refractivity contribution in [3.05, 3.63) is 39.6 Å². The molecule has 0 aromatic heterocycles. The lowest BCUT2D eigenvalue weighted by atomic mass is 9.90. The number of carbonyl (C=O) groups is 2. The van der Waals surface area contributed by atoms with Gasteiger partial charge in [0.05, 0.1) is 9.92 Å². The van der Waals surface area contributed by atoms with Crippen LogP contribution < -0.4 is 0 Å². The number of carbonyl (C=O) groups excluding carboxylic acids is 2. The highest BCUT2D eigenvalue weighted by Crippen LogP contribution is 2.32. The molecule has 0 atom stereocenters. The molecular formula is C16H17ClO5S. The third-order valence-electron chi connectivity index (χ3n) is 3.81. The van der Waals surface area contributed by atoms with Crippen molar-refractivity contribution in [1.29, 1.82) is 0 Å². The normalized spacial score (nSPS) is 15.9. The van der Waals surface area contributed by atoms with E-state index in [-0.39, 0.29) is 39.7 Å². The Bertz CT molecular complexity index is 821. The largest absolute Gasteiger partial charge is 0.511 e. The Morgan fingerprint density at radius 2 is 1.96 bits per heavy atom. The predicted octanol–water partition coefficient (Wildman–Crippen LogP) is 3.05. The Labute approximate surface area is 139 Å². The molecule has 1 aromatic carbocycles. The average Bonchev–Trinajstić information content (AvgIpc) is 2.45. The summed E-state index contributed by atoms with van der Waals surface area (Å²) in [4.78, 5) is 24.6. The molecule has 0 saturated carbocycles. The molecule has 0 bridgehead atoms. The van der Waals surface area contributed by atoms with Gasteiger partial charge in [-0.1, -0.05) is 18.5 Å². The number of aliphatic hydroxyl groups is 1. The minimum atomic E-state index is -3.48. The van der Waals surface area contributed by atoms with E-state index in [9.17, 15) is 23.1 Å². The van der Waals surface area contributed by atoms with Gasteiger partial charge in [0.15, 0.2) is 15.6 Å². The van der Waals surface area contributed by atoms with E-state index in [4.69, 9.17) is 11.6 Å². The van der Waals surface area contributed by atoms with Gasteiger partial charge in [-0.05, 0) is 30.5 Å². The van der Waals surface area contributed by atoms with Crippen molar-refractivity contribution in [2.45, 2.75) is 37.5 Å². The molecule has 124 valence electrons. The van der Waals surface area contributed by atoms with Crippen LogP contribution in [0.5, 0.6) is 0 Å². The molecule has 2 rings (SSSR count). The predicted molar refractivity (Wildman–Crippen MR) is 86.8 cm³/mol. The fourth-order valence-electron chi connectivity index (χ4n) is 2.68. The molecule has 5 nitrogen and oxygen atoms in total. The first-order valence-electron chi connectivity index (χ1n) is 7.19. The molecule has 1 aliphatic rings. The zero-order valence-corrected chi connectivity index (χ0v) is 14.4. The van der Waals surface area contributed by atoms with Gasteiger partial charge in [0.25, 0.3) is 0 Å². The summed E-state index contributed by atoms with van der Waals surface area (Å²) in [6.07, 6.45) is 2.36. The lowest BCUT2D eigenvalue weighted by molar-refractivity contribution is -0.116. The SMILES string of the molecule is CCc1c(S(C)(=O)=O)ccc(C(=O)C2=C(O)CCCC2=O)c1Cl. The van der Waals surface area contributed by atoms with Gasteiger partial charge in [0, 0.05) is 24.7 Å². The maximum absolute atomic E-state index is 12.6. The van der Waals surface area contributed by atoms with Crippen LogP contribution in [-0.4, -0.2) is 31.3 Å². The van der Waals surface area contributed by atoms with Crippen LogP contribution in [0.15, 0.2) is 28.4 Å². The first-order valence-corrected chi connectivity index (χ1v) is 9.46. The van der Waals surface area contributed by atoms with E-state index >= 15 is 0 Å². The number of sulfone groups is 1. The van der Waals surface area contributed by atoms with Gasteiger partial charge in [-0.3, -0.25) is 9.59 Å². The average molecular weight is 357 g/mol. The number of benzene rings is 1. The second kappa shape index (κ2) is 6.45. The van der Waals surface area contributed by atoms with Crippen molar-refractivity contribution >= 4 is 33.0 Å². The minimum Gasteiger partial charge on any atom is -0.511 e. The van der Waals surface area contributed by atoms with E-state index in [0.717, 1.165) is 6.26 Å². The standard InChI is InChI=1S/C16H17ClO5S/c1-3-9-13(23(2,21)22)8-7-10(15(9)17)16(20)14-11(18)5-4-6-12(14)19/h7-8,18H,3-6H2,1-2H3. The second-order valence-corrected chi connectivity index (χ2v) is 7.82. The molecule has 0 unspecified atom stereocenters. The fraction of sp³-hybridized carbons (Fsp3) is 0.375. The number of halogens is 1. The summed E-state index contributed by atoms with van der Waals surface area (Å²) in [6, 6.07) is 2.61. The lowest BCUT2D eigenvalue weighted by Gasteiger charge is -2.16. The van der Waals surface area contributed by atoms with E-state index in [1.54, 1.807) is 6.92 Å². The van der Waals surface area contributed by atoms with E-state index in [1.165, 1.54) is 12.1 Å². The zero-order valence-electron chi connectivity index (χ0n) is 12.8. The lowest BCUT2D eigenvalue weighted by Crippen LogP contribution is -2.20. The van der Waals surface area contributed by atoms with Gasteiger partial charge in [-0.25, -0.2) is 8.42 Å². The molecule has 1 aromatic rings. The van der Waals surface area contributed by atoms with Crippen molar-refractivity contribution < 1.29 is 23.1 Å². The minimum absolute atomic E-state index is 0.0131. The third-order valence-corrected chi connectivity index (χ3v) is 5.42. The molecule has 1 aliphatic carbocycles. The Kier molecular flexibility index (Phi) is 4.96. The summed E-state index contributed by atoms with van der Waals surface area (Å²) in [5.74, 6) is -1.31. The maximum Gasteiger partial charge on any atom is 0.201 e. The first kappa shape index (κ1) is 17.7. The highest BCUT2D eigenvalue weighted by Gasteiger charge is 2.30. The van der Waals surface area contributed by atoms with Crippen molar-refractivity contribution in [3.8, 4) is 0 Å². The molecule has 0 heterocycles. The highest BCUT2D eigenvalue weighted by molar-refractivity contribution is 7.90. The third kappa shape index (κ3) is 3.33. The van der Waals surface area contributed by atoms with Crippen LogP contribution >= 0.6 is 11.6 Å². The molecule has 0 aliphatic heterocycles. The quantitative estimate of drug-likeness (QED) is 0.661. The number of hydrogen-bond acceptors (Lipinski definition) is 5. The van der Waals surface area contributed by atoms with Gasteiger partial charge in [0.2, 0.25) is 5.78 Å². The Hall–Kier alpha value is -1.66. The molecule has 0 fully saturated rings. The van der Waals surface area contributed by atoms with E-state index in [0.29, 0.717) is 18.4 Å². The first-order chi connectivity index (χ1) is 10.7. The van der Waals surface area contributed by atoms with Crippen LogP contribution in [0.4, 0.5) is 0 Å². The maximum atomic E-state index is 12.6. The fourth-order valence-corrected chi connectivity index (χ4v) is 4.12. The van der Waals surface area contributed by atoms with E-state index in [2.05, 4.69) is 0 Å². The Morgan fingerprint density at radius 1 is 1.30 bits per heavy atom. The van der Waals surface area contributed by atoms with Crippen LogP contribution in [0.2, 0.25) is 5.02 Å². The number of hydrogen-bond donors (Lipinski definition) is 1. The molecule has 1 N–H and O–H groups in total. The van der Waals surface area contributed by atoms with Crippen molar-refractivity contribution in [2.75, 3.05) is 6.26 Å². The number of aliphatic hydroxyl groups excluding tert-OH is 1. The summed E-state index contributed by atoms with van der Waals surface area (Å²) < 4.78 is 23.6. The van der Waals surface area contributed by atoms with Gasteiger partial charge in [-0.2, -0.15) is 0 Å². The Morgan fingerprint density at radius 3 is 2.48 bits per heavy atom. The Balaban J connectivity index is 2.62.